The van der Waals surface area contributed by atoms with Crippen molar-refractivity contribution >= 4 is 11.9 Å². The number of hydrogen-bond donors (Lipinski definition) is 0. The molecule has 186 valence electrons. The highest BCUT2D eigenvalue weighted by molar-refractivity contribution is 5.71. The molecule has 2 unspecified atom stereocenters. The number of halogens is 2. The predicted molar refractivity (Wildman–Crippen MR) is 123 cm³/mol. The number of benzene rings is 1. The maximum atomic E-state index is 13.4. The van der Waals surface area contributed by atoms with Gasteiger partial charge in [-0.25, -0.2) is 8.78 Å². The molecule has 0 radical (unpaired) electrons. The molecule has 2 aliphatic carbocycles. The fourth-order valence-electron chi connectivity index (χ4n) is 5.42. The van der Waals surface area contributed by atoms with Crippen molar-refractivity contribution in [3.8, 4) is 6.07 Å². The molecule has 2 fully saturated rings. The van der Waals surface area contributed by atoms with Gasteiger partial charge in [-0.3, -0.25) is 9.59 Å². The highest BCUT2D eigenvalue weighted by Gasteiger charge is 2.42. The molecule has 1 aromatic rings. The van der Waals surface area contributed by atoms with Gasteiger partial charge in [-0.1, -0.05) is 25.0 Å². The van der Waals surface area contributed by atoms with Crippen molar-refractivity contribution in [2.24, 2.45) is 0 Å². The third kappa shape index (κ3) is 6.14. The summed E-state index contributed by atoms with van der Waals surface area (Å²) in [7, 11) is 0. The van der Waals surface area contributed by atoms with Crippen LogP contribution < -0.4 is 0 Å². The summed E-state index contributed by atoms with van der Waals surface area (Å²) in [6, 6.07) is 7.62. The van der Waals surface area contributed by atoms with Crippen LogP contribution >= 0.6 is 0 Å². The number of carbonyl (C=O) groups excluding carboxylic acids is 2. The third-order valence-electron chi connectivity index (χ3n) is 6.99. The van der Waals surface area contributed by atoms with Gasteiger partial charge in [0, 0.05) is 5.56 Å². The second kappa shape index (κ2) is 11.3. The summed E-state index contributed by atoms with van der Waals surface area (Å²) in [6.45, 7) is 2.64. The van der Waals surface area contributed by atoms with E-state index in [9.17, 15) is 23.6 Å². The van der Waals surface area contributed by atoms with Crippen molar-refractivity contribution < 1.29 is 27.8 Å². The lowest BCUT2D eigenvalue weighted by Gasteiger charge is -2.40. The molecule has 2 saturated carbocycles. The molecule has 0 aromatic heterocycles. The van der Waals surface area contributed by atoms with Crippen molar-refractivity contribution in [1.29, 1.82) is 5.26 Å². The number of carbonyl (C=O) groups is 2. The van der Waals surface area contributed by atoms with Gasteiger partial charge in [0.2, 0.25) is 0 Å². The summed E-state index contributed by atoms with van der Waals surface area (Å²) < 4.78 is 38.6. The Hall–Kier alpha value is -2.49. The van der Waals surface area contributed by atoms with Crippen LogP contribution in [0.3, 0.4) is 0 Å². The van der Waals surface area contributed by atoms with Gasteiger partial charge in [0.05, 0.1) is 24.5 Å². The molecule has 1 aromatic carbocycles. The van der Waals surface area contributed by atoms with Crippen molar-refractivity contribution in [3.63, 3.8) is 0 Å². The monoisotopic (exact) mass is 475 g/mol. The van der Waals surface area contributed by atoms with Crippen molar-refractivity contribution in [2.45, 2.75) is 114 Å². The Labute approximate surface area is 200 Å². The van der Waals surface area contributed by atoms with E-state index in [2.05, 4.69) is 6.07 Å². The van der Waals surface area contributed by atoms with Gasteiger partial charge in [-0.2, -0.15) is 5.26 Å². The zero-order valence-electron chi connectivity index (χ0n) is 20.2. The zero-order chi connectivity index (χ0) is 24.8. The maximum Gasteiger partial charge on any atom is 0.309 e. The van der Waals surface area contributed by atoms with Crippen LogP contribution in [0.4, 0.5) is 8.78 Å². The Morgan fingerprint density at radius 2 is 1.35 bits per heavy atom. The molecule has 0 bridgehead atoms. The summed E-state index contributed by atoms with van der Waals surface area (Å²) in [5.74, 6) is -1.19. The topological polar surface area (TPSA) is 76.4 Å². The average Bonchev–Trinajstić information content (AvgIpc) is 2.78. The van der Waals surface area contributed by atoms with E-state index in [0.29, 0.717) is 42.4 Å². The summed E-state index contributed by atoms with van der Waals surface area (Å²) in [5.41, 5.74) is -0.169. The van der Waals surface area contributed by atoms with Gasteiger partial charge >= 0.3 is 11.9 Å². The first kappa shape index (κ1) is 26.1. The normalized spacial score (nSPS) is 21.0. The van der Waals surface area contributed by atoms with Gasteiger partial charge in [0.15, 0.2) is 0 Å². The SMILES string of the molecule is CC(F)CC(=O)OC1(c2ccc(C3(OC(=O)CC(C)F)CCCCC3)c(C#N)c2)CCCCC1. The Kier molecular flexibility index (Phi) is 8.67. The average molecular weight is 476 g/mol. The number of rotatable bonds is 8. The molecule has 0 aliphatic heterocycles. The number of nitriles is 1. The van der Waals surface area contributed by atoms with Crippen LogP contribution in [0.25, 0.3) is 0 Å². The van der Waals surface area contributed by atoms with Crippen LogP contribution in [0.5, 0.6) is 0 Å². The molecule has 3 rings (SSSR count). The Morgan fingerprint density at radius 3 is 1.82 bits per heavy atom. The first-order valence-electron chi connectivity index (χ1n) is 12.5. The summed E-state index contributed by atoms with van der Waals surface area (Å²) in [4.78, 5) is 24.9. The molecule has 0 saturated heterocycles. The summed E-state index contributed by atoms with van der Waals surface area (Å²) >= 11 is 0. The molecule has 0 N–H and O–H groups in total. The van der Waals surface area contributed by atoms with Crippen LogP contribution in [-0.4, -0.2) is 24.3 Å². The van der Waals surface area contributed by atoms with Crippen LogP contribution in [-0.2, 0) is 30.3 Å². The van der Waals surface area contributed by atoms with Gasteiger partial charge in [-0.15, -0.1) is 0 Å². The maximum absolute atomic E-state index is 13.4. The van der Waals surface area contributed by atoms with Gasteiger partial charge in [0.1, 0.15) is 23.5 Å². The lowest BCUT2D eigenvalue weighted by Crippen LogP contribution is -2.37. The highest BCUT2D eigenvalue weighted by atomic mass is 19.1. The van der Waals surface area contributed by atoms with Gasteiger partial charge in [0.25, 0.3) is 0 Å². The van der Waals surface area contributed by atoms with Crippen LogP contribution in [0.2, 0.25) is 0 Å². The van der Waals surface area contributed by atoms with Crippen LogP contribution in [0.1, 0.15) is 108 Å². The lowest BCUT2D eigenvalue weighted by molar-refractivity contribution is -0.167. The number of nitrogens with zero attached hydrogens (tertiary/aromatic N) is 1. The molecule has 2 aliphatic rings. The van der Waals surface area contributed by atoms with Gasteiger partial charge in [-0.05, 0) is 76.8 Å². The first-order valence-corrected chi connectivity index (χ1v) is 12.5. The minimum absolute atomic E-state index is 0.309. The summed E-state index contributed by atoms with van der Waals surface area (Å²) in [5, 5.41) is 10.0. The third-order valence-corrected chi connectivity index (χ3v) is 6.99. The highest BCUT2D eigenvalue weighted by Crippen LogP contribution is 2.45. The minimum atomic E-state index is -1.31. The lowest BCUT2D eigenvalue weighted by atomic mass is 9.74. The number of alkyl halides is 2. The number of hydrogen-bond acceptors (Lipinski definition) is 5. The second-order valence-corrected chi connectivity index (χ2v) is 9.90. The van der Waals surface area contributed by atoms with Crippen LogP contribution in [0.15, 0.2) is 18.2 Å². The molecule has 0 amide bonds. The van der Waals surface area contributed by atoms with E-state index in [1.54, 1.807) is 12.1 Å². The molecule has 2 atom stereocenters. The molecule has 5 nitrogen and oxygen atoms in total. The van der Waals surface area contributed by atoms with E-state index in [1.165, 1.54) is 13.8 Å². The molecule has 34 heavy (non-hydrogen) atoms. The second-order valence-electron chi connectivity index (χ2n) is 9.90. The van der Waals surface area contributed by atoms with E-state index >= 15 is 0 Å². The Bertz CT molecular complexity index is 910. The number of ether oxygens (including phenoxy) is 2. The minimum Gasteiger partial charge on any atom is -0.454 e. The zero-order valence-corrected chi connectivity index (χ0v) is 20.2. The Balaban J connectivity index is 1.98. The van der Waals surface area contributed by atoms with Crippen molar-refractivity contribution in [2.75, 3.05) is 0 Å². The molecule has 0 heterocycles. The summed E-state index contributed by atoms with van der Waals surface area (Å²) in [6.07, 6.45) is 4.57. The number of esters is 2. The fraction of sp³-hybridized carbons (Fsp3) is 0.667. The standard InChI is InChI=1S/C27H35F2NO4/c1-19(28)15-24(31)33-26(11-5-3-6-12-26)22-9-10-23(21(17-22)18-30)27(13-7-4-8-14-27)34-25(32)16-20(2)29/h9-10,17,19-20H,3-8,11-16H2,1-2H3. The van der Waals surface area contributed by atoms with Gasteiger partial charge < -0.3 is 9.47 Å². The van der Waals surface area contributed by atoms with E-state index < -0.39 is 35.5 Å². The molecular weight excluding hydrogens is 440 g/mol. The fourth-order valence-corrected chi connectivity index (χ4v) is 5.42. The van der Waals surface area contributed by atoms with E-state index in [1.807, 2.05) is 6.07 Å². The smallest absolute Gasteiger partial charge is 0.309 e. The first-order chi connectivity index (χ1) is 16.2. The van der Waals surface area contributed by atoms with E-state index in [0.717, 1.165) is 38.5 Å². The largest absolute Gasteiger partial charge is 0.454 e. The van der Waals surface area contributed by atoms with Crippen molar-refractivity contribution in [3.05, 3.63) is 34.9 Å². The molecular formula is C27H35F2NO4. The molecule has 7 heteroatoms. The molecule has 0 spiro atoms. The van der Waals surface area contributed by atoms with E-state index in [-0.39, 0.29) is 12.8 Å². The Morgan fingerprint density at radius 1 is 0.882 bits per heavy atom. The predicted octanol–water partition coefficient (Wildman–Crippen LogP) is 6.46. The quantitative estimate of drug-likeness (QED) is 0.403. The van der Waals surface area contributed by atoms with Crippen LogP contribution in [0, 0.1) is 11.3 Å². The van der Waals surface area contributed by atoms with Crippen molar-refractivity contribution in [1.82, 2.24) is 0 Å². The van der Waals surface area contributed by atoms with E-state index in [4.69, 9.17) is 9.47 Å².